The molecule has 0 saturated heterocycles. The van der Waals surface area contributed by atoms with Gasteiger partial charge >= 0.3 is 0 Å². The highest BCUT2D eigenvalue weighted by Crippen LogP contribution is 2.34. The second-order valence-corrected chi connectivity index (χ2v) is 5.17. The third-order valence-electron chi connectivity index (χ3n) is 3.51. The van der Waals surface area contributed by atoms with Crippen molar-refractivity contribution in [2.24, 2.45) is 7.05 Å². The summed E-state index contributed by atoms with van der Waals surface area (Å²) in [5, 5.41) is 0.505. The lowest BCUT2D eigenvalue weighted by Gasteiger charge is -2.10. The van der Waals surface area contributed by atoms with Crippen molar-refractivity contribution in [1.82, 2.24) is 19.5 Å². The van der Waals surface area contributed by atoms with Crippen molar-refractivity contribution in [3.63, 3.8) is 0 Å². The zero-order chi connectivity index (χ0) is 12.5. The summed E-state index contributed by atoms with van der Waals surface area (Å²) in [5.74, 6) is 1.91. The van der Waals surface area contributed by atoms with Gasteiger partial charge in [-0.25, -0.2) is 15.0 Å². The van der Waals surface area contributed by atoms with E-state index in [0.717, 1.165) is 11.5 Å². The minimum Gasteiger partial charge on any atom is -0.331 e. The molecule has 1 fully saturated rings. The van der Waals surface area contributed by atoms with Crippen molar-refractivity contribution in [3.05, 3.63) is 29.3 Å². The first-order valence-corrected chi connectivity index (χ1v) is 6.64. The summed E-state index contributed by atoms with van der Waals surface area (Å²) in [6.07, 6.45) is 8.60. The fraction of sp³-hybridized carbons (Fsp3) is 0.462. The molecule has 0 aromatic carbocycles. The predicted octanol–water partition coefficient (Wildman–Crippen LogP) is 3.19. The SMILES string of the molecule is Cn1ccnc1-c1nc(Cl)cc(C2CCCC2)n1. The maximum atomic E-state index is 6.11. The lowest BCUT2D eigenvalue weighted by Crippen LogP contribution is -2.03. The molecule has 1 saturated carbocycles. The maximum Gasteiger partial charge on any atom is 0.197 e. The smallest absolute Gasteiger partial charge is 0.197 e. The number of aromatic nitrogens is 4. The molecule has 3 rings (SSSR count). The van der Waals surface area contributed by atoms with Crippen LogP contribution < -0.4 is 0 Å². The molecule has 0 atom stereocenters. The number of hydrogen-bond donors (Lipinski definition) is 0. The largest absolute Gasteiger partial charge is 0.331 e. The zero-order valence-corrected chi connectivity index (χ0v) is 11.1. The molecule has 0 amide bonds. The molecule has 0 N–H and O–H groups in total. The Bertz CT molecular complexity index is 558. The van der Waals surface area contributed by atoms with Crippen molar-refractivity contribution in [2.45, 2.75) is 31.6 Å². The molecule has 0 radical (unpaired) electrons. The summed E-state index contributed by atoms with van der Waals surface area (Å²) >= 11 is 6.11. The molecule has 0 bridgehead atoms. The topological polar surface area (TPSA) is 43.6 Å². The third-order valence-corrected chi connectivity index (χ3v) is 3.70. The van der Waals surface area contributed by atoms with Crippen LogP contribution in [0.2, 0.25) is 5.15 Å². The molecule has 1 aliphatic carbocycles. The van der Waals surface area contributed by atoms with Crippen molar-refractivity contribution < 1.29 is 0 Å². The van der Waals surface area contributed by atoms with Gasteiger partial charge in [0.1, 0.15) is 5.15 Å². The summed E-state index contributed by atoms with van der Waals surface area (Å²) in [7, 11) is 1.93. The number of halogens is 1. The van der Waals surface area contributed by atoms with E-state index in [9.17, 15) is 0 Å². The van der Waals surface area contributed by atoms with Gasteiger partial charge in [-0.15, -0.1) is 0 Å². The van der Waals surface area contributed by atoms with E-state index in [1.807, 2.05) is 23.9 Å². The minimum absolute atomic E-state index is 0.505. The Morgan fingerprint density at radius 1 is 1.28 bits per heavy atom. The lowest BCUT2D eigenvalue weighted by molar-refractivity contribution is 0.694. The average Bonchev–Trinajstić information content (AvgIpc) is 2.98. The predicted molar refractivity (Wildman–Crippen MR) is 70.5 cm³/mol. The van der Waals surface area contributed by atoms with Crippen LogP contribution in [0.4, 0.5) is 0 Å². The lowest BCUT2D eigenvalue weighted by atomic mass is 10.0. The van der Waals surface area contributed by atoms with E-state index in [1.165, 1.54) is 25.7 Å². The molecule has 0 unspecified atom stereocenters. The summed E-state index contributed by atoms with van der Waals surface area (Å²) in [4.78, 5) is 13.2. The first kappa shape index (κ1) is 11.7. The normalized spacial score (nSPS) is 16.3. The van der Waals surface area contributed by atoms with Crippen molar-refractivity contribution in [1.29, 1.82) is 0 Å². The Hall–Kier alpha value is -1.42. The van der Waals surface area contributed by atoms with Gasteiger partial charge in [0, 0.05) is 31.1 Å². The van der Waals surface area contributed by atoms with Crippen molar-refractivity contribution >= 4 is 11.6 Å². The highest BCUT2D eigenvalue weighted by molar-refractivity contribution is 6.29. The molecule has 4 nitrogen and oxygen atoms in total. The summed E-state index contributed by atoms with van der Waals surface area (Å²) < 4.78 is 1.91. The molecule has 0 aliphatic heterocycles. The van der Waals surface area contributed by atoms with E-state index >= 15 is 0 Å². The molecule has 94 valence electrons. The van der Waals surface area contributed by atoms with Crippen molar-refractivity contribution in [3.8, 4) is 11.6 Å². The summed E-state index contributed by atoms with van der Waals surface area (Å²) in [5.41, 5.74) is 1.06. The Morgan fingerprint density at radius 2 is 2.06 bits per heavy atom. The molecule has 0 spiro atoms. The monoisotopic (exact) mass is 262 g/mol. The van der Waals surface area contributed by atoms with E-state index < -0.39 is 0 Å². The number of hydrogen-bond acceptors (Lipinski definition) is 3. The van der Waals surface area contributed by atoms with Crippen LogP contribution in [0.1, 0.15) is 37.3 Å². The molecular weight excluding hydrogens is 248 g/mol. The van der Waals surface area contributed by atoms with E-state index in [4.69, 9.17) is 11.6 Å². The van der Waals surface area contributed by atoms with E-state index in [1.54, 1.807) is 6.20 Å². The molecule has 2 heterocycles. The van der Waals surface area contributed by atoms with Crippen LogP contribution in [0, 0.1) is 0 Å². The minimum atomic E-state index is 0.505. The van der Waals surface area contributed by atoms with Crippen LogP contribution in [0.3, 0.4) is 0 Å². The highest BCUT2D eigenvalue weighted by atomic mass is 35.5. The molecule has 5 heteroatoms. The van der Waals surface area contributed by atoms with Crippen LogP contribution in [0.5, 0.6) is 0 Å². The second kappa shape index (κ2) is 4.69. The van der Waals surface area contributed by atoms with Crippen molar-refractivity contribution in [2.75, 3.05) is 0 Å². The molecule has 2 aromatic heterocycles. The third kappa shape index (κ3) is 2.12. The summed E-state index contributed by atoms with van der Waals surface area (Å²) in [6.45, 7) is 0. The molecule has 18 heavy (non-hydrogen) atoms. The van der Waals surface area contributed by atoms with E-state index in [2.05, 4.69) is 15.0 Å². The highest BCUT2D eigenvalue weighted by Gasteiger charge is 2.20. The van der Waals surface area contributed by atoms with Crippen LogP contribution >= 0.6 is 11.6 Å². The Labute approximate surface area is 111 Å². The standard InChI is InChI=1S/C13H15ClN4/c1-18-7-6-15-13(18)12-16-10(8-11(14)17-12)9-4-2-3-5-9/h6-9H,2-5H2,1H3. The average molecular weight is 263 g/mol. The Morgan fingerprint density at radius 3 is 2.72 bits per heavy atom. The van der Waals surface area contributed by atoms with Gasteiger partial charge in [-0.3, -0.25) is 0 Å². The van der Waals surface area contributed by atoms with Gasteiger partial charge < -0.3 is 4.57 Å². The first-order valence-electron chi connectivity index (χ1n) is 6.26. The fourth-order valence-electron chi connectivity index (χ4n) is 2.55. The van der Waals surface area contributed by atoms with E-state index in [0.29, 0.717) is 16.9 Å². The summed E-state index contributed by atoms with van der Waals surface area (Å²) in [6, 6.07) is 1.89. The number of rotatable bonds is 2. The van der Waals surface area contributed by atoms with Gasteiger partial charge in [-0.05, 0) is 18.9 Å². The van der Waals surface area contributed by atoms with Gasteiger partial charge in [0.2, 0.25) is 0 Å². The van der Waals surface area contributed by atoms with Crippen LogP contribution in [-0.4, -0.2) is 19.5 Å². The van der Waals surface area contributed by atoms with E-state index in [-0.39, 0.29) is 0 Å². The van der Waals surface area contributed by atoms with Gasteiger partial charge in [0.15, 0.2) is 11.6 Å². The Balaban J connectivity index is 2.03. The quantitative estimate of drug-likeness (QED) is 0.781. The zero-order valence-electron chi connectivity index (χ0n) is 10.3. The van der Waals surface area contributed by atoms with Gasteiger partial charge in [0.25, 0.3) is 0 Å². The van der Waals surface area contributed by atoms with Crippen LogP contribution in [0.15, 0.2) is 18.5 Å². The number of nitrogens with zero attached hydrogens (tertiary/aromatic N) is 4. The first-order chi connectivity index (χ1) is 8.74. The Kier molecular flexibility index (Phi) is 3.04. The van der Waals surface area contributed by atoms with Crippen LogP contribution in [0.25, 0.3) is 11.6 Å². The number of aryl methyl sites for hydroxylation is 1. The second-order valence-electron chi connectivity index (χ2n) is 4.78. The molecule has 1 aliphatic rings. The molecule has 2 aromatic rings. The van der Waals surface area contributed by atoms with Gasteiger partial charge in [-0.2, -0.15) is 0 Å². The van der Waals surface area contributed by atoms with Crippen LogP contribution in [-0.2, 0) is 7.05 Å². The number of imidazole rings is 1. The fourth-order valence-corrected chi connectivity index (χ4v) is 2.74. The molecular formula is C13H15ClN4. The maximum absolute atomic E-state index is 6.11. The van der Waals surface area contributed by atoms with Gasteiger partial charge in [-0.1, -0.05) is 24.4 Å². The van der Waals surface area contributed by atoms with Gasteiger partial charge in [0.05, 0.1) is 0 Å².